The standard InChI is InChI=1S/C48H49ClF4N8O8S/c1-27-21-35(59(22-29-8-12-32(66-3)13-9-29)23-30-10-14-33(67-4)15-11-30)57-42(39(27)48(51,52)53)37-40(49)43-38-44(41(37)50)69-36(68-25-31-16-19-60(20-17-31)70(5,64)65)24-61(46(38)56-26-55-43)28(2)34-7-6-18-54-45(34)58-47(62)63/h6-15,18,21,24,28,31,55H,16-17,19-20,22-23,25-26H2,1-5H3,(H,54,58)(H,62,63). The minimum atomic E-state index is -5.05. The Morgan fingerprint density at radius 1 is 1.03 bits per heavy atom. The number of nitrogens with zero attached hydrogens (tertiary/aromatic N) is 6. The molecule has 5 aromatic rings. The molecule has 1 saturated heterocycles. The smallest absolute Gasteiger partial charge is 0.418 e. The summed E-state index contributed by atoms with van der Waals surface area (Å²) in [6.45, 7) is 3.60. The van der Waals surface area contributed by atoms with Gasteiger partial charge in [-0.25, -0.2) is 36.9 Å². The zero-order chi connectivity index (χ0) is 50.1. The number of methoxy groups -OCH3 is 2. The number of alkyl halides is 3. The molecule has 3 aliphatic heterocycles. The number of aryl methyl sites for hydroxylation is 1. The van der Waals surface area contributed by atoms with Gasteiger partial charge < -0.3 is 39.2 Å². The van der Waals surface area contributed by atoms with Crippen LogP contribution in [-0.2, 0) is 34.0 Å². The van der Waals surface area contributed by atoms with Crippen LogP contribution in [0.4, 0.5) is 39.7 Å². The van der Waals surface area contributed by atoms with Crippen molar-refractivity contribution in [2.24, 2.45) is 10.9 Å². The van der Waals surface area contributed by atoms with Gasteiger partial charge in [0.25, 0.3) is 0 Å². The highest BCUT2D eigenvalue weighted by Gasteiger charge is 2.43. The van der Waals surface area contributed by atoms with Crippen LogP contribution in [0.15, 0.2) is 90.1 Å². The molecule has 0 aliphatic carbocycles. The van der Waals surface area contributed by atoms with Crippen LogP contribution in [0, 0.1) is 18.7 Å². The van der Waals surface area contributed by atoms with Crippen LogP contribution in [0.5, 0.6) is 17.2 Å². The molecule has 5 heterocycles. The quantitative estimate of drug-likeness (QED) is 0.0845. The molecular formula is C48H49ClF4N8O8S. The normalized spacial score (nSPS) is 15.6. The molecule has 1 amide bonds. The van der Waals surface area contributed by atoms with Crippen LogP contribution >= 0.6 is 11.6 Å². The Bertz CT molecular complexity index is 2910. The number of halogens is 5. The Hall–Kier alpha value is -6.84. The molecule has 0 saturated carbocycles. The average Bonchev–Trinajstić information content (AvgIpc) is 3.49. The highest BCUT2D eigenvalue weighted by molar-refractivity contribution is 7.88. The third-order valence-electron chi connectivity index (χ3n) is 12.3. The number of pyridine rings is 2. The van der Waals surface area contributed by atoms with Crippen molar-refractivity contribution >= 4 is 50.9 Å². The Morgan fingerprint density at radius 2 is 1.66 bits per heavy atom. The number of amides is 1. The maximum absolute atomic E-state index is 18.1. The molecule has 8 rings (SSSR count). The fourth-order valence-electron chi connectivity index (χ4n) is 8.69. The molecule has 3 aromatic carbocycles. The first kappa shape index (κ1) is 49.6. The lowest BCUT2D eigenvalue weighted by atomic mass is 9.95. The molecule has 1 unspecified atom stereocenters. The number of rotatable bonds is 15. The number of hydrogen-bond acceptors (Lipinski definition) is 13. The predicted molar refractivity (Wildman–Crippen MR) is 255 cm³/mol. The second-order valence-electron chi connectivity index (χ2n) is 16.9. The van der Waals surface area contributed by atoms with Gasteiger partial charge in [-0.15, -0.1) is 0 Å². The fourth-order valence-corrected chi connectivity index (χ4v) is 9.90. The molecule has 3 aliphatic rings. The van der Waals surface area contributed by atoms with Gasteiger partial charge in [0, 0.05) is 37.9 Å². The first-order chi connectivity index (χ1) is 33.3. The Balaban J connectivity index is 1.28. The Kier molecular flexibility index (Phi) is 14.3. The van der Waals surface area contributed by atoms with Gasteiger partial charge in [-0.05, 0) is 85.7 Å². The average molecular weight is 1010 g/mol. The molecule has 3 N–H and O–H groups in total. The summed E-state index contributed by atoms with van der Waals surface area (Å²) in [6.07, 6.45) is -1.64. The van der Waals surface area contributed by atoms with Gasteiger partial charge in [-0.3, -0.25) is 5.32 Å². The van der Waals surface area contributed by atoms with E-state index in [1.54, 1.807) is 53.1 Å². The summed E-state index contributed by atoms with van der Waals surface area (Å²) < 4.78 is 114. The number of amidine groups is 1. The summed E-state index contributed by atoms with van der Waals surface area (Å²) in [5, 5.41) is 14.5. The van der Waals surface area contributed by atoms with Crippen molar-refractivity contribution in [1.29, 1.82) is 0 Å². The summed E-state index contributed by atoms with van der Waals surface area (Å²) in [5.74, 6) is -1.000. The summed E-state index contributed by atoms with van der Waals surface area (Å²) >= 11 is 7.17. The van der Waals surface area contributed by atoms with Gasteiger partial charge in [0.2, 0.25) is 10.0 Å². The van der Waals surface area contributed by atoms with Gasteiger partial charge in [0.05, 0.1) is 72.4 Å². The van der Waals surface area contributed by atoms with E-state index < -0.39 is 61.7 Å². The molecule has 1 atom stereocenters. The number of carboxylic acid groups (broad SMARTS) is 1. The van der Waals surface area contributed by atoms with Crippen molar-refractivity contribution in [2.45, 2.75) is 52.0 Å². The number of piperidine rings is 1. The Labute approximate surface area is 406 Å². The highest BCUT2D eigenvalue weighted by Crippen LogP contribution is 2.51. The van der Waals surface area contributed by atoms with E-state index in [0.717, 1.165) is 17.4 Å². The van der Waals surface area contributed by atoms with E-state index in [4.69, 9.17) is 30.5 Å². The van der Waals surface area contributed by atoms with E-state index in [1.807, 2.05) is 24.3 Å². The van der Waals surface area contributed by atoms with E-state index in [2.05, 4.69) is 25.6 Å². The maximum Gasteiger partial charge on any atom is 0.418 e. The SMILES string of the molecule is COc1ccc(CN(Cc2ccc(OC)cc2)c2cc(C)c(C(F)(F)F)c(-c3c(F)c4c5c(c3Cl)NCN=C5N(C(C)c3cccnc3NC(=O)O)C=C(OCC3CCN(S(C)(=O)=O)CC3)O4)n2)cc1. The number of nitrogens with one attached hydrogen (secondary N) is 2. The van der Waals surface area contributed by atoms with Crippen LogP contribution < -0.4 is 29.7 Å². The third kappa shape index (κ3) is 10.5. The van der Waals surface area contributed by atoms with Crippen molar-refractivity contribution in [1.82, 2.24) is 19.2 Å². The second kappa shape index (κ2) is 20.2. The molecule has 0 spiro atoms. The van der Waals surface area contributed by atoms with Crippen molar-refractivity contribution in [2.75, 3.05) is 62.4 Å². The second-order valence-corrected chi connectivity index (χ2v) is 19.3. The largest absolute Gasteiger partial charge is 0.497 e. The molecule has 370 valence electrons. The highest BCUT2D eigenvalue weighted by atomic mass is 35.5. The summed E-state index contributed by atoms with van der Waals surface area (Å²) in [7, 11) is -0.365. The minimum absolute atomic E-state index is 0.00950. The lowest BCUT2D eigenvalue weighted by Crippen LogP contribution is -2.38. The number of aliphatic imine (C=N–C) groups is 1. The summed E-state index contributed by atoms with van der Waals surface area (Å²) in [6, 6.07) is 18.0. The number of sulfonamides is 1. The van der Waals surface area contributed by atoms with Crippen molar-refractivity contribution in [3.63, 3.8) is 0 Å². The van der Waals surface area contributed by atoms with Gasteiger partial charge in [0.15, 0.2) is 11.6 Å². The monoisotopic (exact) mass is 1010 g/mol. The summed E-state index contributed by atoms with van der Waals surface area (Å²) in [4.78, 5) is 28.7. The van der Waals surface area contributed by atoms with Crippen LogP contribution in [0.2, 0.25) is 5.02 Å². The lowest BCUT2D eigenvalue weighted by Gasteiger charge is -2.32. The van der Waals surface area contributed by atoms with Gasteiger partial charge in [-0.1, -0.05) is 41.9 Å². The van der Waals surface area contributed by atoms with Crippen molar-refractivity contribution in [3.05, 3.63) is 129 Å². The zero-order valence-corrected chi connectivity index (χ0v) is 40.2. The number of aromatic nitrogens is 2. The van der Waals surface area contributed by atoms with Crippen molar-refractivity contribution < 1.29 is 54.8 Å². The van der Waals surface area contributed by atoms with Gasteiger partial charge in [-0.2, -0.15) is 13.2 Å². The van der Waals surface area contributed by atoms with Crippen LogP contribution in [0.3, 0.4) is 0 Å². The summed E-state index contributed by atoms with van der Waals surface area (Å²) in [5.41, 5.74) is -1.15. The zero-order valence-electron chi connectivity index (χ0n) is 38.6. The van der Waals surface area contributed by atoms with Gasteiger partial charge >= 0.3 is 18.2 Å². The maximum atomic E-state index is 18.1. The number of ether oxygens (including phenoxy) is 4. The number of hydrogen-bond donors (Lipinski definition) is 3. The third-order valence-corrected chi connectivity index (χ3v) is 14.0. The fraction of sp³-hybridized carbons (Fsp3) is 0.333. The molecule has 16 nitrogen and oxygen atoms in total. The van der Waals surface area contributed by atoms with Crippen molar-refractivity contribution in [3.8, 4) is 28.5 Å². The molecule has 70 heavy (non-hydrogen) atoms. The number of carbonyl (C=O) groups is 1. The molecular weight excluding hydrogens is 960 g/mol. The van der Waals surface area contributed by atoms with E-state index in [1.165, 1.54) is 43.9 Å². The molecule has 22 heteroatoms. The molecule has 2 aromatic heterocycles. The van der Waals surface area contributed by atoms with E-state index in [-0.39, 0.29) is 85.6 Å². The first-order valence-corrected chi connectivity index (χ1v) is 24.2. The van der Waals surface area contributed by atoms with Crippen LogP contribution in [-0.4, -0.2) is 91.5 Å². The number of benzene rings is 3. The van der Waals surface area contributed by atoms with E-state index in [0.29, 0.717) is 29.9 Å². The molecule has 1 fully saturated rings. The lowest BCUT2D eigenvalue weighted by molar-refractivity contribution is -0.137. The molecule has 0 bridgehead atoms. The number of anilines is 3. The van der Waals surface area contributed by atoms with E-state index in [9.17, 15) is 18.3 Å². The molecule has 0 radical (unpaired) electrons. The topological polar surface area (TPSA) is 180 Å². The Morgan fingerprint density at radius 3 is 2.23 bits per heavy atom. The first-order valence-electron chi connectivity index (χ1n) is 22.0. The predicted octanol–water partition coefficient (Wildman–Crippen LogP) is 9.65. The van der Waals surface area contributed by atoms with Gasteiger partial charge in [0.1, 0.15) is 35.6 Å². The minimum Gasteiger partial charge on any atom is -0.497 e. The van der Waals surface area contributed by atoms with E-state index >= 15 is 17.6 Å². The van der Waals surface area contributed by atoms with Crippen LogP contribution in [0.25, 0.3) is 11.3 Å². The van der Waals surface area contributed by atoms with Crippen LogP contribution in [0.1, 0.15) is 59.2 Å².